The maximum atomic E-state index is 12.2. The molecule has 0 aliphatic heterocycles. The Kier molecular flexibility index (Phi) is 2.51. The number of carboxylic acid groups (broad SMARTS) is 1. The summed E-state index contributed by atoms with van der Waals surface area (Å²) >= 11 is 0. The molecule has 96 valence electrons. The number of carboxylic acids is 1. The van der Waals surface area contributed by atoms with Crippen molar-refractivity contribution in [3.63, 3.8) is 0 Å². The molecular weight excluding hydrogens is 240 g/mol. The summed E-state index contributed by atoms with van der Waals surface area (Å²) in [6, 6.07) is 0. The molecule has 4 bridgehead atoms. The minimum absolute atomic E-state index is 0.246. The standard InChI is InChI=1S/C12H18O4S/c13-11(14)6-17(15,16)12-9-2-7-1-8(4-9)5-10(12)3-7/h7-10,12H,1-6H2,(H,13,14). The Hall–Kier alpha value is -0.580. The second kappa shape index (κ2) is 3.70. The molecule has 4 rings (SSSR count). The van der Waals surface area contributed by atoms with E-state index in [1.54, 1.807) is 0 Å². The lowest BCUT2D eigenvalue weighted by Crippen LogP contribution is -2.52. The number of hydrogen-bond acceptors (Lipinski definition) is 3. The molecule has 0 aromatic heterocycles. The summed E-state index contributed by atoms with van der Waals surface area (Å²) in [7, 11) is -3.44. The van der Waals surface area contributed by atoms with Gasteiger partial charge < -0.3 is 5.11 Å². The van der Waals surface area contributed by atoms with Crippen molar-refractivity contribution >= 4 is 15.8 Å². The third kappa shape index (κ3) is 1.88. The van der Waals surface area contributed by atoms with E-state index in [9.17, 15) is 13.2 Å². The highest BCUT2D eigenvalue weighted by atomic mass is 32.2. The third-order valence-corrected chi connectivity index (χ3v) is 7.13. The number of sulfone groups is 1. The van der Waals surface area contributed by atoms with Gasteiger partial charge in [0, 0.05) is 0 Å². The van der Waals surface area contributed by atoms with Crippen LogP contribution < -0.4 is 0 Å². The van der Waals surface area contributed by atoms with Crippen molar-refractivity contribution in [2.24, 2.45) is 23.7 Å². The van der Waals surface area contributed by atoms with Gasteiger partial charge in [0.25, 0.3) is 0 Å². The summed E-state index contributed by atoms with van der Waals surface area (Å²) in [6.07, 6.45) is 5.32. The summed E-state index contributed by atoms with van der Waals surface area (Å²) in [5, 5.41) is 8.37. The van der Waals surface area contributed by atoms with Crippen LogP contribution in [-0.4, -0.2) is 30.5 Å². The molecule has 5 heteroatoms. The van der Waals surface area contributed by atoms with Crippen LogP contribution in [0.5, 0.6) is 0 Å². The molecule has 4 aliphatic rings. The zero-order valence-corrected chi connectivity index (χ0v) is 10.5. The number of aliphatic carboxylic acids is 1. The molecule has 4 fully saturated rings. The van der Waals surface area contributed by atoms with Gasteiger partial charge in [-0.1, -0.05) is 0 Å². The van der Waals surface area contributed by atoms with Gasteiger partial charge in [-0.25, -0.2) is 8.42 Å². The van der Waals surface area contributed by atoms with Gasteiger partial charge in [-0.05, 0) is 55.8 Å². The molecule has 0 heterocycles. The first-order chi connectivity index (χ1) is 7.95. The van der Waals surface area contributed by atoms with Crippen LogP contribution >= 0.6 is 0 Å². The van der Waals surface area contributed by atoms with E-state index in [-0.39, 0.29) is 17.1 Å². The van der Waals surface area contributed by atoms with Crippen molar-refractivity contribution < 1.29 is 18.3 Å². The van der Waals surface area contributed by atoms with Crippen molar-refractivity contribution in [1.82, 2.24) is 0 Å². The van der Waals surface area contributed by atoms with Crippen molar-refractivity contribution in [2.45, 2.75) is 37.4 Å². The molecule has 0 saturated heterocycles. The van der Waals surface area contributed by atoms with Crippen LogP contribution in [0.1, 0.15) is 32.1 Å². The molecule has 0 atom stereocenters. The number of rotatable bonds is 3. The van der Waals surface area contributed by atoms with E-state index in [2.05, 4.69) is 0 Å². The van der Waals surface area contributed by atoms with E-state index in [0.29, 0.717) is 11.8 Å². The van der Waals surface area contributed by atoms with Gasteiger partial charge in [-0.3, -0.25) is 4.79 Å². The molecule has 0 aromatic carbocycles. The molecule has 4 saturated carbocycles. The van der Waals surface area contributed by atoms with Crippen LogP contribution in [0.25, 0.3) is 0 Å². The Morgan fingerprint density at radius 2 is 1.47 bits per heavy atom. The van der Waals surface area contributed by atoms with Crippen LogP contribution in [-0.2, 0) is 14.6 Å². The minimum atomic E-state index is -3.44. The fourth-order valence-electron chi connectivity index (χ4n) is 4.73. The highest BCUT2D eigenvalue weighted by Crippen LogP contribution is 2.55. The second-order valence-corrected chi connectivity index (χ2v) is 8.26. The van der Waals surface area contributed by atoms with Crippen LogP contribution in [0.15, 0.2) is 0 Å². The summed E-state index contributed by atoms with van der Waals surface area (Å²) < 4.78 is 24.3. The maximum absolute atomic E-state index is 12.2. The van der Waals surface area contributed by atoms with Gasteiger partial charge >= 0.3 is 5.97 Å². The average Bonchev–Trinajstić information content (AvgIpc) is 2.11. The Morgan fingerprint density at radius 1 is 1.00 bits per heavy atom. The summed E-state index contributed by atoms with van der Waals surface area (Å²) in [4.78, 5) is 10.7. The van der Waals surface area contributed by atoms with E-state index in [0.717, 1.165) is 25.7 Å². The van der Waals surface area contributed by atoms with Gasteiger partial charge in [0.05, 0.1) is 5.25 Å². The predicted molar refractivity (Wildman–Crippen MR) is 62.3 cm³/mol. The molecule has 0 radical (unpaired) electrons. The number of carbonyl (C=O) groups is 1. The average molecular weight is 258 g/mol. The summed E-state index contributed by atoms with van der Waals surface area (Å²) in [5.41, 5.74) is 0. The van der Waals surface area contributed by atoms with E-state index >= 15 is 0 Å². The molecule has 0 aromatic rings. The first kappa shape index (κ1) is 11.5. The Balaban J connectivity index is 1.87. The Bertz CT molecular complexity index is 411. The molecule has 0 unspecified atom stereocenters. The fourth-order valence-corrected chi connectivity index (χ4v) is 6.88. The topological polar surface area (TPSA) is 71.4 Å². The largest absolute Gasteiger partial charge is 0.480 e. The lowest BCUT2D eigenvalue weighted by molar-refractivity contribution is -0.134. The van der Waals surface area contributed by atoms with Crippen molar-refractivity contribution in [3.8, 4) is 0 Å². The first-order valence-corrected chi connectivity index (χ1v) is 8.10. The Labute approximate surface area is 101 Å². The smallest absolute Gasteiger partial charge is 0.318 e. The maximum Gasteiger partial charge on any atom is 0.318 e. The SMILES string of the molecule is O=C(O)CS(=O)(=O)C1C2CC3CC(C2)CC1C3. The molecule has 0 spiro atoms. The van der Waals surface area contributed by atoms with Gasteiger partial charge in [0.1, 0.15) is 5.75 Å². The molecule has 4 aliphatic carbocycles. The van der Waals surface area contributed by atoms with Gasteiger partial charge in [-0.15, -0.1) is 0 Å². The molecule has 0 amide bonds. The molecule has 17 heavy (non-hydrogen) atoms. The van der Waals surface area contributed by atoms with Crippen molar-refractivity contribution in [3.05, 3.63) is 0 Å². The predicted octanol–water partition coefficient (Wildman–Crippen LogP) is 1.31. The summed E-state index contributed by atoms with van der Waals surface area (Å²) in [5.74, 6) is 0.0348. The van der Waals surface area contributed by atoms with Crippen LogP contribution in [0, 0.1) is 23.7 Å². The lowest BCUT2D eigenvalue weighted by atomic mass is 9.56. The normalized spacial score (nSPS) is 43.9. The first-order valence-electron chi connectivity index (χ1n) is 6.39. The van der Waals surface area contributed by atoms with E-state index < -0.39 is 21.6 Å². The Morgan fingerprint density at radius 3 is 1.88 bits per heavy atom. The highest BCUT2D eigenvalue weighted by molar-refractivity contribution is 7.92. The van der Waals surface area contributed by atoms with Crippen LogP contribution in [0.3, 0.4) is 0 Å². The monoisotopic (exact) mass is 258 g/mol. The molecule has 1 N–H and O–H groups in total. The highest BCUT2D eigenvalue weighted by Gasteiger charge is 2.53. The van der Waals surface area contributed by atoms with Gasteiger partial charge in [0.2, 0.25) is 0 Å². The molecular formula is C12H18O4S. The molecule has 4 nitrogen and oxygen atoms in total. The van der Waals surface area contributed by atoms with E-state index in [1.807, 2.05) is 0 Å². The zero-order chi connectivity index (χ0) is 12.2. The second-order valence-electron chi connectivity index (χ2n) is 6.10. The van der Waals surface area contributed by atoms with Crippen LogP contribution in [0.2, 0.25) is 0 Å². The summed E-state index contributed by atoms with van der Waals surface area (Å²) in [6.45, 7) is 0. The minimum Gasteiger partial charge on any atom is -0.480 e. The van der Waals surface area contributed by atoms with Crippen molar-refractivity contribution in [2.75, 3.05) is 5.75 Å². The van der Waals surface area contributed by atoms with E-state index in [1.165, 1.54) is 6.42 Å². The van der Waals surface area contributed by atoms with E-state index in [4.69, 9.17) is 5.11 Å². The number of hydrogen-bond donors (Lipinski definition) is 1. The van der Waals surface area contributed by atoms with Gasteiger partial charge in [0.15, 0.2) is 9.84 Å². The zero-order valence-electron chi connectivity index (χ0n) is 9.71. The lowest BCUT2D eigenvalue weighted by Gasteiger charge is -2.53. The van der Waals surface area contributed by atoms with Crippen molar-refractivity contribution in [1.29, 1.82) is 0 Å². The quantitative estimate of drug-likeness (QED) is 0.828. The van der Waals surface area contributed by atoms with Crippen LogP contribution in [0.4, 0.5) is 0 Å². The van der Waals surface area contributed by atoms with Gasteiger partial charge in [-0.2, -0.15) is 0 Å². The fraction of sp³-hybridized carbons (Fsp3) is 0.917. The third-order valence-electron chi connectivity index (χ3n) is 4.88.